The van der Waals surface area contributed by atoms with Gasteiger partial charge >= 0.3 is 0 Å². The van der Waals surface area contributed by atoms with E-state index in [0.29, 0.717) is 49.8 Å². The number of benzene rings is 5. The monoisotopic (exact) mass is 748 g/mol. The maximum Gasteiger partial charge on any atom is 0.252 e. The molecule has 0 fully saturated rings. The number of amides is 1. The van der Waals surface area contributed by atoms with Gasteiger partial charge in [-0.1, -0.05) is 82.7 Å². The summed E-state index contributed by atoms with van der Waals surface area (Å²) in [7, 11) is 3.25. The van der Waals surface area contributed by atoms with Crippen LogP contribution in [-0.4, -0.2) is 56.4 Å². The van der Waals surface area contributed by atoms with Gasteiger partial charge in [-0.15, -0.1) is 0 Å². The van der Waals surface area contributed by atoms with Crippen LogP contribution in [0.3, 0.4) is 0 Å². The van der Waals surface area contributed by atoms with E-state index in [2.05, 4.69) is 45.5 Å². The third-order valence-electron chi connectivity index (χ3n) is 8.90. The van der Waals surface area contributed by atoms with Crippen LogP contribution in [0.25, 0.3) is 11.1 Å². The molecule has 262 valence electrons. The van der Waals surface area contributed by atoms with Crippen LogP contribution in [0.5, 0.6) is 17.2 Å². The first-order valence-electron chi connectivity index (χ1n) is 16.9. The molecule has 2 N–H and O–H groups in total. The van der Waals surface area contributed by atoms with Gasteiger partial charge in [0, 0.05) is 36.0 Å². The fourth-order valence-corrected chi connectivity index (χ4v) is 6.48. The zero-order valence-electron chi connectivity index (χ0n) is 28.7. The van der Waals surface area contributed by atoms with Crippen LogP contribution in [0.1, 0.15) is 34.8 Å². The van der Waals surface area contributed by atoms with Crippen LogP contribution >= 0.6 is 15.9 Å². The van der Waals surface area contributed by atoms with Crippen molar-refractivity contribution in [2.24, 2.45) is 4.99 Å². The number of carbonyl (C=O) groups excluding carboxylic acids is 1. The van der Waals surface area contributed by atoms with E-state index in [1.807, 2.05) is 97.1 Å². The Labute approximate surface area is 307 Å². The Morgan fingerprint density at radius 3 is 2.22 bits per heavy atom. The van der Waals surface area contributed by atoms with E-state index in [0.717, 1.165) is 43.6 Å². The lowest BCUT2D eigenvalue weighted by atomic mass is 9.81. The Morgan fingerprint density at radius 2 is 1.53 bits per heavy atom. The standard InChI is InChI=1S/C42H41BrN2O6/c1-48-37-21-22-38(49-2)34(27-37)23-24-44-41(47)42(28-29-9-17-35(43)18-10-29)39(32-13-11-31(12-14-32)30-7-4-3-5-8-30)51-40(45-42)33-15-19-36(20-16-33)50-26-6-25-46/h3-5,7-22,27,39,46H,6,23-26,28H2,1-2H3,(H,44,47)/t39-,42-/m1/s1. The second-order valence-electron chi connectivity index (χ2n) is 12.3. The predicted octanol–water partition coefficient (Wildman–Crippen LogP) is 7.75. The second-order valence-corrected chi connectivity index (χ2v) is 13.2. The molecule has 6 rings (SSSR count). The van der Waals surface area contributed by atoms with Crippen molar-refractivity contribution in [1.82, 2.24) is 5.32 Å². The first-order chi connectivity index (χ1) is 24.9. The maximum atomic E-state index is 14.8. The molecular formula is C42H41BrN2O6. The number of hydrogen-bond acceptors (Lipinski definition) is 7. The van der Waals surface area contributed by atoms with E-state index in [1.165, 1.54) is 0 Å². The number of hydrogen-bond donors (Lipinski definition) is 2. The second kappa shape index (κ2) is 16.7. The van der Waals surface area contributed by atoms with E-state index >= 15 is 0 Å². The van der Waals surface area contributed by atoms with Gasteiger partial charge in [-0.05, 0) is 88.8 Å². The van der Waals surface area contributed by atoms with Gasteiger partial charge in [0.05, 0.1) is 20.8 Å². The van der Waals surface area contributed by atoms with E-state index in [9.17, 15) is 4.79 Å². The first kappa shape index (κ1) is 35.7. The fraction of sp³-hybridized carbons (Fsp3) is 0.238. The molecule has 5 aromatic rings. The van der Waals surface area contributed by atoms with Crippen LogP contribution in [0, 0.1) is 0 Å². The molecule has 1 aliphatic rings. The van der Waals surface area contributed by atoms with Gasteiger partial charge in [-0.3, -0.25) is 4.79 Å². The molecule has 0 saturated carbocycles. The van der Waals surface area contributed by atoms with Gasteiger partial charge in [-0.25, -0.2) is 4.99 Å². The van der Waals surface area contributed by atoms with Crippen molar-refractivity contribution in [3.05, 3.63) is 148 Å². The average molecular weight is 750 g/mol. The Morgan fingerprint density at radius 1 is 0.843 bits per heavy atom. The van der Waals surface area contributed by atoms with Gasteiger partial charge in [0.1, 0.15) is 17.2 Å². The molecule has 9 heteroatoms. The zero-order chi connectivity index (χ0) is 35.6. The third kappa shape index (κ3) is 8.44. The van der Waals surface area contributed by atoms with Gasteiger partial charge < -0.3 is 29.4 Å². The molecule has 8 nitrogen and oxygen atoms in total. The molecule has 51 heavy (non-hydrogen) atoms. The number of rotatable bonds is 15. The van der Waals surface area contributed by atoms with Crippen LogP contribution < -0.4 is 19.5 Å². The summed E-state index contributed by atoms with van der Waals surface area (Å²) in [6, 6.07) is 39.4. The number of nitrogens with zero attached hydrogens (tertiary/aromatic N) is 1. The highest BCUT2D eigenvalue weighted by Gasteiger charge is 2.53. The summed E-state index contributed by atoms with van der Waals surface area (Å²) in [4.78, 5) is 19.9. The van der Waals surface area contributed by atoms with Crippen molar-refractivity contribution < 1.29 is 28.8 Å². The number of methoxy groups -OCH3 is 2. The summed E-state index contributed by atoms with van der Waals surface area (Å²) in [5.74, 6) is 2.23. The highest BCUT2D eigenvalue weighted by Crippen LogP contribution is 2.43. The van der Waals surface area contributed by atoms with Gasteiger partial charge in [0.15, 0.2) is 11.6 Å². The highest BCUT2D eigenvalue weighted by molar-refractivity contribution is 9.10. The topological polar surface area (TPSA) is 98.6 Å². The first-order valence-corrected chi connectivity index (χ1v) is 17.7. The Hall–Kier alpha value is -5.12. The quantitative estimate of drug-likeness (QED) is 0.106. The van der Waals surface area contributed by atoms with Crippen LogP contribution in [0.4, 0.5) is 0 Å². The normalized spacial score (nSPS) is 16.5. The zero-order valence-corrected chi connectivity index (χ0v) is 30.3. The lowest BCUT2D eigenvalue weighted by Gasteiger charge is -2.31. The molecule has 0 unspecified atom stereocenters. The van der Waals surface area contributed by atoms with Crippen molar-refractivity contribution in [3.8, 4) is 28.4 Å². The molecule has 0 radical (unpaired) electrons. The summed E-state index contributed by atoms with van der Waals surface area (Å²) in [6.07, 6.45) is 0.630. The largest absolute Gasteiger partial charge is 0.497 e. The van der Waals surface area contributed by atoms with Gasteiger partial charge in [0.25, 0.3) is 5.91 Å². The smallest absolute Gasteiger partial charge is 0.252 e. The number of aliphatic hydroxyl groups is 1. The number of carbonyl (C=O) groups is 1. The molecule has 1 heterocycles. The number of nitrogens with one attached hydrogen (secondary N) is 1. The minimum absolute atomic E-state index is 0.0616. The molecule has 0 aliphatic carbocycles. The maximum absolute atomic E-state index is 14.8. The van der Waals surface area contributed by atoms with Crippen LogP contribution in [0.2, 0.25) is 0 Å². The van der Waals surface area contributed by atoms with Crippen LogP contribution in [0.15, 0.2) is 131 Å². The fourth-order valence-electron chi connectivity index (χ4n) is 6.22. The van der Waals surface area contributed by atoms with Crippen molar-refractivity contribution in [3.63, 3.8) is 0 Å². The summed E-state index contributed by atoms with van der Waals surface area (Å²) in [5.41, 5.74) is 4.23. The summed E-state index contributed by atoms with van der Waals surface area (Å²) in [5, 5.41) is 12.3. The lowest BCUT2D eigenvalue weighted by Crippen LogP contribution is -2.50. The molecule has 1 amide bonds. The molecule has 5 aromatic carbocycles. The average Bonchev–Trinajstić information content (AvgIpc) is 3.56. The number of halogens is 1. The SMILES string of the molecule is COc1ccc(OC)c(CCNC(=O)[C@]2(Cc3ccc(Br)cc3)N=C(c3ccc(OCCCO)cc3)O[C@@H]2c2ccc(-c3ccccc3)cc2)c1. The molecule has 0 saturated heterocycles. The van der Waals surface area contributed by atoms with E-state index < -0.39 is 11.6 Å². The van der Waals surface area contributed by atoms with Crippen molar-refractivity contribution >= 4 is 27.7 Å². The van der Waals surface area contributed by atoms with Crippen LogP contribution in [-0.2, 0) is 22.4 Å². The van der Waals surface area contributed by atoms with Gasteiger partial charge in [-0.2, -0.15) is 0 Å². The summed E-state index contributed by atoms with van der Waals surface area (Å²) in [6.45, 7) is 0.813. The van der Waals surface area contributed by atoms with E-state index in [-0.39, 0.29) is 12.5 Å². The number of aliphatic hydroxyl groups excluding tert-OH is 1. The highest BCUT2D eigenvalue weighted by atomic mass is 79.9. The molecular weight excluding hydrogens is 708 g/mol. The number of ether oxygens (including phenoxy) is 4. The Bertz CT molecular complexity index is 1930. The lowest BCUT2D eigenvalue weighted by molar-refractivity contribution is -0.128. The summed E-state index contributed by atoms with van der Waals surface area (Å²) >= 11 is 3.55. The van der Waals surface area contributed by atoms with Crippen molar-refractivity contribution in [2.45, 2.75) is 30.9 Å². The third-order valence-corrected chi connectivity index (χ3v) is 9.43. The van der Waals surface area contributed by atoms with Crippen molar-refractivity contribution in [1.29, 1.82) is 0 Å². The number of aliphatic imine (C=N–C) groups is 1. The molecule has 2 atom stereocenters. The molecule has 0 bridgehead atoms. The Balaban J connectivity index is 1.37. The molecule has 0 aromatic heterocycles. The van der Waals surface area contributed by atoms with E-state index in [1.54, 1.807) is 14.2 Å². The molecule has 1 aliphatic heterocycles. The van der Waals surface area contributed by atoms with E-state index in [4.69, 9.17) is 29.0 Å². The van der Waals surface area contributed by atoms with Crippen molar-refractivity contribution in [2.75, 3.05) is 34.0 Å². The Kier molecular flexibility index (Phi) is 11.7. The summed E-state index contributed by atoms with van der Waals surface area (Å²) < 4.78 is 24.5. The predicted molar refractivity (Wildman–Crippen MR) is 203 cm³/mol. The minimum atomic E-state index is -1.34. The minimum Gasteiger partial charge on any atom is -0.497 e. The molecule has 0 spiro atoms. The van der Waals surface area contributed by atoms with Gasteiger partial charge in [0.2, 0.25) is 5.90 Å².